The Hall–Kier alpha value is -3.88. The molecule has 220 valence electrons. The van der Waals surface area contributed by atoms with E-state index >= 15 is 4.39 Å². The number of likely N-dealkylation sites (tertiary alicyclic amines) is 1. The van der Waals surface area contributed by atoms with Crippen molar-refractivity contribution in [2.75, 3.05) is 36.4 Å². The Balaban J connectivity index is 1.43. The molecule has 1 aliphatic rings. The number of amides is 1. The van der Waals surface area contributed by atoms with Gasteiger partial charge in [0.2, 0.25) is 11.7 Å². The molecule has 14 heteroatoms. The van der Waals surface area contributed by atoms with Crippen LogP contribution in [0.1, 0.15) is 36.1 Å². The molecule has 0 spiro atoms. The van der Waals surface area contributed by atoms with Crippen LogP contribution in [0.25, 0.3) is 0 Å². The molecule has 0 radical (unpaired) electrons. The Bertz CT molecular complexity index is 1330. The number of carbonyl (C=O) groups excluding carboxylic acids is 1. The number of rotatable bonds is 10. The standard InChI is InChI=1S/C27H31F4N7O3/c1-2-37(13-17-3-5-19(6-4-17)27(29,30)31)25-21(28)24(35-16-36-25)34-15-26(41)9-12-38(14-20(26)39)22(23(32)40)18-7-10-33-11-8-18/h3-8,10-11,16,20,22,39,41H,2,9,12-15H2,1H3,(H2,32,40)(H,34,35,36)/t20-,22?,26+/m1/s1. The maximum Gasteiger partial charge on any atom is 0.416 e. The first-order chi connectivity index (χ1) is 19.4. The van der Waals surface area contributed by atoms with Crippen molar-refractivity contribution in [1.82, 2.24) is 19.9 Å². The number of nitrogens with one attached hydrogen (secondary N) is 1. The minimum Gasteiger partial charge on any atom is -0.389 e. The summed E-state index contributed by atoms with van der Waals surface area (Å²) in [5.41, 5.74) is 4.31. The molecule has 1 fully saturated rings. The van der Waals surface area contributed by atoms with Crippen molar-refractivity contribution in [3.63, 3.8) is 0 Å². The largest absolute Gasteiger partial charge is 0.416 e. The molecule has 1 unspecified atom stereocenters. The van der Waals surface area contributed by atoms with Gasteiger partial charge >= 0.3 is 6.18 Å². The van der Waals surface area contributed by atoms with Gasteiger partial charge in [-0.3, -0.25) is 14.7 Å². The van der Waals surface area contributed by atoms with Crippen LogP contribution in [-0.4, -0.2) is 73.9 Å². The van der Waals surface area contributed by atoms with Crippen LogP contribution in [0.4, 0.5) is 29.2 Å². The lowest BCUT2D eigenvalue weighted by Gasteiger charge is -2.44. The summed E-state index contributed by atoms with van der Waals surface area (Å²) >= 11 is 0. The number of hydrogen-bond donors (Lipinski definition) is 4. The number of nitrogens with two attached hydrogens (primary N) is 1. The molecule has 0 saturated carbocycles. The van der Waals surface area contributed by atoms with Crippen molar-refractivity contribution in [1.29, 1.82) is 0 Å². The molecule has 1 aliphatic heterocycles. The quantitative estimate of drug-likeness (QED) is 0.268. The van der Waals surface area contributed by atoms with Gasteiger partial charge in [0.25, 0.3) is 0 Å². The number of benzene rings is 1. The molecule has 0 bridgehead atoms. The number of aliphatic hydroxyl groups excluding tert-OH is 1. The number of β-amino-alcohol motifs (C(OH)–C–C–N with tert-alkyl or cyclic N) is 1. The number of anilines is 2. The molecular weight excluding hydrogens is 546 g/mol. The topological polar surface area (TPSA) is 141 Å². The second kappa shape index (κ2) is 12.3. The summed E-state index contributed by atoms with van der Waals surface area (Å²) in [5, 5.41) is 24.8. The second-order valence-electron chi connectivity index (χ2n) is 9.87. The number of halogens is 4. The summed E-state index contributed by atoms with van der Waals surface area (Å²) < 4.78 is 54.1. The van der Waals surface area contributed by atoms with Gasteiger partial charge in [-0.1, -0.05) is 12.1 Å². The van der Waals surface area contributed by atoms with Crippen molar-refractivity contribution in [2.24, 2.45) is 5.73 Å². The lowest BCUT2D eigenvalue weighted by atomic mass is 9.87. The van der Waals surface area contributed by atoms with Crippen molar-refractivity contribution < 1.29 is 32.6 Å². The minimum atomic E-state index is -4.46. The molecule has 1 saturated heterocycles. The van der Waals surface area contributed by atoms with Crippen molar-refractivity contribution in [3.8, 4) is 0 Å². The minimum absolute atomic E-state index is 0.0462. The maximum absolute atomic E-state index is 15.5. The van der Waals surface area contributed by atoms with Gasteiger partial charge in [0.05, 0.1) is 11.7 Å². The molecule has 3 heterocycles. The number of nitrogens with zero attached hydrogens (tertiary/aromatic N) is 5. The number of pyridine rings is 1. The number of aliphatic hydroxyl groups is 2. The first kappa shape index (κ1) is 30.1. The van der Waals surface area contributed by atoms with Crippen LogP contribution in [0.2, 0.25) is 0 Å². The van der Waals surface area contributed by atoms with Crippen LogP contribution in [0, 0.1) is 5.82 Å². The zero-order valence-electron chi connectivity index (χ0n) is 22.2. The van der Waals surface area contributed by atoms with E-state index in [1.807, 2.05) is 0 Å². The predicted molar refractivity (Wildman–Crippen MR) is 142 cm³/mol. The number of aromatic nitrogens is 3. The highest BCUT2D eigenvalue weighted by atomic mass is 19.4. The fourth-order valence-electron chi connectivity index (χ4n) is 4.83. The van der Waals surface area contributed by atoms with Gasteiger partial charge < -0.3 is 26.2 Å². The monoisotopic (exact) mass is 577 g/mol. The van der Waals surface area contributed by atoms with E-state index in [1.165, 1.54) is 29.4 Å². The van der Waals surface area contributed by atoms with Crippen molar-refractivity contribution in [3.05, 3.63) is 77.6 Å². The van der Waals surface area contributed by atoms with Gasteiger partial charge in [0.15, 0.2) is 11.6 Å². The summed E-state index contributed by atoms with van der Waals surface area (Å²) in [7, 11) is 0. The van der Waals surface area contributed by atoms with E-state index in [1.54, 1.807) is 24.0 Å². The lowest BCUT2D eigenvalue weighted by Crippen LogP contribution is -2.60. The second-order valence-corrected chi connectivity index (χ2v) is 9.87. The summed E-state index contributed by atoms with van der Waals surface area (Å²) in [6.07, 6.45) is -1.53. The zero-order chi connectivity index (χ0) is 29.8. The molecule has 5 N–H and O–H groups in total. The third-order valence-corrected chi connectivity index (χ3v) is 7.19. The zero-order valence-corrected chi connectivity index (χ0v) is 22.2. The van der Waals surface area contributed by atoms with Crippen molar-refractivity contribution >= 4 is 17.5 Å². The van der Waals surface area contributed by atoms with Crippen LogP contribution in [0.5, 0.6) is 0 Å². The molecule has 3 aromatic rings. The number of alkyl halides is 3. The molecule has 10 nitrogen and oxygen atoms in total. The lowest BCUT2D eigenvalue weighted by molar-refractivity contribution is -0.137. The van der Waals surface area contributed by atoms with E-state index in [9.17, 15) is 28.2 Å². The normalized spacial score (nSPS) is 20.4. The third-order valence-electron chi connectivity index (χ3n) is 7.19. The first-order valence-electron chi connectivity index (χ1n) is 12.9. The van der Waals surface area contributed by atoms with Gasteiger partial charge in [-0.25, -0.2) is 9.97 Å². The fourth-order valence-corrected chi connectivity index (χ4v) is 4.83. The van der Waals surface area contributed by atoms with Gasteiger partial charge in [-0.15, -0.1) is 0 Å². The Morgan fingerprint density at radius 2 is 1.90 bits per heavy atom. The van der Waals surface area contributed by atoms with E-state index in [-0.39, 0.29) is 44.2 Å². The summed E-state index contributed by atoms with van der Waals surface area (Å²) in [6.45, 7) is 2.04. The van der Waals surface area contributed by atoms with E-state index in [0.29, 0.717) is 17.7 Å². The average molecular weight is 578 g/mol. The number of hydrogen-bond acceptors (Lipinski definition) is 9. The summed E-state index contributed by atoms with van der Waals surface area (Å²) in [4.78, 5) is 27.3. The highest BCUT2D eigenvalue weighted by molar-refractivity contribution is 5.81. The molecule has 41 heavy (non-hydrogen) atoms. The Morgan fingerprint density at radius 3 is 2.49 bits per heavy atom. The smallest absolute Gasteiger partial charge is 0.389 e. The Kier molecular flexibility index (Phi) is 9.05. The fraction of sp³-hybridized carbons (Fsp3) is 0.407. The van der Waals surface area contributed by atoms with E-state index < -0.39 is 41.2 Å². The molecule has 4 rings (SSSR count). The van der Waals surface area contributed by atoms with E-state index in [4.69, 9.17) is 5.73 Å². The van der Waals surface area contributed by atoms with Gasteiger partial charge in [-0.05, 0) is 48.7 Å². The SMILES string of the molecule is CCN(Cc1ccc(C(F)(F)F)cc1)c1ncnc(NC[C@@]2(O)CCN(C(C(N)=O)c3ccncc3)C[C@H]2O)c1F. The summed E-state index contributed by atoms with van der Waals surface area (Å²) in [6, 6.07) is 7.05. The highest BCUT2D eigenvalue weighted by Gasteiger charge is 2.43. The molecular formula is C27H31F4N7O3. The van der Waals surface area contributed by atoms with Crippen LogP contribution >= 0.6 is 0 Å². The van der Waals surface area contributed by atoms with Gasteiger partial charge in [0.1, 0.15) is 18.0 Å². The molecule has 2 aromatic heterocycles. The van der Waals surface area contributed by atoms with Crippen LogP contribution < -0.4 is 16.0 Å². The van der Waals surface area contributed by atoms with Gasteiger partial charge in [0, 0.05) is 45.1 Å². The van der Waals surface area contributed by atoms with Crippen LogP contribution in [-0.2, 0) is 17.5 Å². The van der Waals surface area contributed by atoms with Crippen LogP contribution in [0.15, 0.2) is 55.1 Å². The van der Waals surface area contributed by atoms with Crippen LogP contribution in [0.3, 0.4) is 0 Å². The maximum atomic E-state index is 15.5. The van der Waals surface area contributed by atoms with Crippen molar-refractivity contribution in [2.45, 2.75) is 43.8 Å². The third kappa shape index (κ3) is 6.89. The van der Waals surface area contributed by atoms with E-state index in [2.05, 4.69) is 20.3 Å². The summed E-state index contributed by atoms with van der Waals surface area (Å²) in [5.74, 6) is -1.72. The highest BCUT2D eigenvalue weighted by Crippen LogP contribution is 2.32. The Labute approximate surface area is 233 Å². The molecule has 1 aromatic carbocycles. The number of primary amides is 1. The van der Waals surface area contributed by atoms with E-state index in [0.717, 1.165) is 18.5 Å². The Morgan fingerprint density at radius 1 is 1.22 bits per heavy atom. The predicted octanol–water partition coefficient (Wildman–Crippen LogP) is 2.49. The number of carbonyl (C=O) groups is 1. The molecule has 0 aliphatic carbocycles. The van der Waals surface area contributed by atoms with Gasteiger partial charge in [-0.2, -0.15) is 17.6 Å². The molecule has 3 atom stereocenters. The average Bonchev–Trinajstić information content (AvgIpc) is 2.94. The number of piperidine rings is 1. The first-order valence-corrected chi connectivity index (χ1v) is 12.9. The molecule has 1 amide bonds.